The lowest BCUT2D eigenvalue weighted by molar-refractivity contribution is -0.140. The van der Waals surface area contributed by atoms with Gasteiger partial charge in [0.25, 0.3) is 0 Å². The largest absolute Gasteiger partial charge is 0.489 e. The van der Waals surface area contributed by atoms with Gasteiger partial charge < -0.3 is 23.8 Å². The maximum absolute atomic E-state index is 12.4. The fourth-order valence-corrected chi connectivity index (χ4v) is 3.05. The molecule has 0 N–H and O–H groups in total. The van der Waals surface area contributed by atoms with Crippen molar-refractivity contribution in [3.05, 3.63) is 70.9 Å². The molecule has 29 heavy (non-hydrogen) atoms. The van der Waals surface area contributed by atoms with E-state index in [-0.39, 0.29) is 24.6 Å². The maximum atomic E-state index is 12.4. The molecule has 0 amide bonds. The molecule has 0 fully saturated rings. The molecule has 7 heteroatoms. The van der Waals surface area contributed by atoms with Crippen molar-refractivity contribution in [2.75, 3.05) is 32.5 Å². The van der Waals surface area contributed by atoms with Crippen molar-refractivity contribution >= 4 is 17.6 Å². The summed E-state index contributed by atoms with van der Waals surface area (Å²) >= 11 is 0. The Morgan fingerprint density at radius 1 is 1.03 bits per heavy atom. The number of carbonyl (C=O) groups is 2. The van der Waals surface area contributed by atoms with Gasteiger partial charge in [0.05, 0.1) is 26.4 Å². The highest BCUT2D eigenvalue weighted by molar-refractivity contribution is 6.03. The van der Waals surface area contributed by atoms with Crippen LogP contribution < -0.4 is 9.64 Å². The first kappa shape index (κ1) is 20.4. The summed E-state index contributed by atoms with van der Waals surface area (Å²) in [7, 11) is 2.52. The maximum Gasteiger partial charge on any atom is 0.355 e. The van der Waals surface area contributed by atoms with Crippen molar-refractivity contribution in [3.8, 4) is 5.75 Å². The number of nitrogens with zero attached hydrogens (tertiary/aromatic N) is 1. The molecule has 0 atom stereocenters. The second-order valence-electron chi connectivity index (χ2n) is 6.44. The molecule has 7 nitrogen and oxygen atoms in total. The summed E-state index contributed by atoms with van der Waals surface area (Å²) in [5.41, 5.74) is 2.86. The summed E-state index contributed by atoms with van der Waals surface area (Å²) < 4.78 is 21.1. The molecule has 2 aromatic rings. The van der Waals surface area contributed by atoms with Crippen LogP contribution in [0.5, 0.6) is 5.75 Å². The Bertz CT molecular complexity index is 922. The molecule has 0 spiro atoms. The van der Waals surface area contributed by atoms with E-state index < -0.39 is 11.9 Å². The lowest BCUT2D eigenvalue weighted by atomic mass is 10.1. The van der Waals surface area contributed by atoms with E-state index in [4.69, 9.17) is 18.9 Å². The summed E-state index contributed by atoms with van der Waals surface area (Å²) in [5.74, 6) is -0.530. The van der Waals surface area contributed by atoms with Gasteiger partial charge in [-0.05, 0) is 36.2 Å². The van der Waals surface area contributed by atoms with Crippen molar-refractivity contribution in [2.24, 2.45) is 0 Å². The summed E-state index contributed by atoms with van der Waals surface area (Å²) in [6.45, 7) is 2.45. The number of hydrogen-bond donors (Lipinski definition) is 0. The first-order valence-corrected chi connectivity index (χ1v) is 9.07. The normalized spacial score (nSPS) is 13.8. The highest BCUT2D eigenvalue weighted by atomic mass is 16.5. The van der Waals surface area contributed by atoms with E-state index in [0.29, 0.717) is 12.3 Å². The zero-order chi connectivity index (χ0) is 20.8. The van der Waals surface area contributed by atoms with Gasteiger partial charge in [0.15, 0.2) is 0 Å². The predicted octanol–water partition coefficient (Wildman–Crippen LogP) is 2.97. The summed E-state index contributed by atoms with van der Waals surface area (Å²) in [6, 6.07) is 15.4. The first-order chi connectivity index (χ1) is 14.0. The second-order valence-corrected chi connectivity index (χ2v) is 6.44. The van der Waals surface area contributed by atoms with E-state index in [1.165, 1.54) is 14.2 Å². The Hall–Kier alpha value is -3.32. The Morgan fingerprint density at radius 3 is 2.41 bits per heavy atom. The number of ether oxygens (including phenoxy) is 4. The number of rotatable bonds is 6. The van der Waals surface area contributed by atoms with Crippen LogP contribution in [0.2, 0.25) is 0 Å². The third kappa shape index (κ3) is 4.57. The van der Waals surface area contributed by atoms with Gasteiger partial charge in [-0.25, -0.2) is 9.59 Å². The lowest BCUT2D eigenvalue weighted by Crippen LogP contribution is -2.38. The van der Waals surface area contributed by atoms with Crippen molar-refractivity contribution < 1.29 is 28.5 Å². The van der Waals surface area contributed by atoms with Gasteiger partial charge >= 0.3 is 11.9 Å². The van der Waals surface area contributed by atoms with E-state index in [9.17, 15) is 9.59 Å². The van der Waals surface area contributed by atoms with Gasteiger partial charge in [-0.2, -0.15) is 0 Å². The van der Waals surface area contributed by atoms with E-state index in [2.05, 4.69) is 0 Å². The summed E-state index contributed by atoms with van der Waals surface area (Å²) in [6.07, 6.45) is 0. The first-order valence-electron chi connectivity index (χ1n) is 9.07. The van der Waals surface area contributed by atoms with Crippen LogP contribution in [-0.4, -0.2) is 39.5 Å². The number of methoxy groups -OCH3 is 2. The number of benzene rings is 2. The van der Waals surface area contributed by atoms with Gasteiger partial charge in [-0.15, -0.1) is 0 Å². The quantitative estimate of drug-likeness (QED) is 0.694. The van der Waals surface area contributed by atoms with E-state index in [0.717, 1.165) is 16.9 Å². The number of anilines is 1. The minimum absolute atomic E-state index is 0.0230. The van der Waals surface area contributed by atoms with Gasteiger partial charge in [0.2, 0.25) is 0 Å². The predicted molar refractivity (Wildman–Crippen MR) is 106 cm³/mol. The Labute approximate surface area is 169 Å². The van der Waals surface area contributed by atoms with Gasteiger partial charge in [-0.1, -0.05) is 30.3 Å². The minimum atomic E-state index is -0.630. The van der Waals surface area contributed by atoms with Gasteiger partial charge in [0.1, 0.15) is 24.8 Å². The fraction of sp³-hybridized carbons (Fsp3) is 0.273. The summed E-state index contributed by atoms with van der Waals surface area (Å²) in [4.78, 5) is 26.1. The smallest absolute Gasteiger partial charge is 0.355 e. The van der Waals surface area contributed by atoms with Gasteiger partial charge in [0, 0.05) is 5.69 Å². The van der Waals surface area contributed by atoms with Crippen molar-refractivity contribution in [2.45, 2.75) is 13.5 Å². The molecule has 152 valence electrons. The molecule has 0 radical (unpaired) electrons. The highest BCUT2D eigenvalue weighted by Gasteiger charge is 2.32. The Balaban J connectivity index is 1.87. The molecule has 2 aromatic carbocycles. The van der Waals surface area contributed by atoms with Crippen LogP contribution in [0.15, 0.2) is 59.8 Å². The van der Waals surface area contributed by atoms with Crippen molar-refractivity contribution in [1.29, 1.82) is 0 Å². The zero-order valence-corrected chi connectivity index (χ0v) is 16.6. The highest BCUT2D eigenvalue weighted by Crippen LogP contribution is 2.30. The molecule has 3 rings (SSSR count). The Morgan fingerprint density at radius 2 is 1.76 bits per heavy atom. The van der Waals surface area contributed by atoms with Gasteiger partial charge in [-0.3, -0.25) is 0 Å². The van der Waals surface area contributed by atoms with Crippen LogP contribution in [0.4, 0.5) is 5.69 Å². The molecule has 0 saturated heterocycles. The number of esters is 2. The van der Waals surface area contributed by atoms with E-state index >= 15 is 0 Å². The average Bonchev–Trinajstić information content (AvgIpc) is 2.77. The van der Waals surface area contributed by atoms with Crippen LogP contribution in [0, 0.1) is 6.92 Å². The Kier molecular flexibility index (Phi) is 6.51. The molecular weight excluding hydrogens is 374 g/mol. The van der Waals surface area contributed by atoms with E-state index in [1.54, 1.807) is 11.0 Å². The van der Waals surface area contributed by atoms with Crippen LogP contribution in [0.3, 0.4) is 0 Å². The van der Waals surface area contributed by atoms with Crippen molar-refractivity contribution in [1.82, 2.24) is 0 Å². The lowest BCUT2D eigenvalue weighted by Gasteiger charge is -2.31. The molecule has 1 heterocycles. The number of aryl methyl sites for hydroxylation is 1. The monoisotopic (exact) mass is 397 g/mol. The van der Waals surface area contributed by atoms with Crippen molar-refractivity contribution in [3.63, 3.8) is 0 Å². The topological polar surface area (TPSA) is 74.3 Å². The number of carbonyl (C=O) groups excluding carboxylic acids is 2. The second kappa shape index (κ2) is 9.25. The fourth-order valence-electron chi connectivity index (χ4n) is 3.05. The summed E-state index contributed by atoms with van der Waals surface area (Å²) in [5, 5.41) is 0. The van der Waals surface area contributed by atoms with Crippen LogP contribution in [0.1, 0.15) is 11.1 Å². The molecule has 0 bridgehead atoms. The standard InChI is InChI=1S/C22H23NO6/c1-15-11-17(9-10-19(15)29-12-16-7-5-4-6-8-16)23-14-28-13-18(21(24)26-2)20(23)22(25)27-3/h4-11H,12-14H2,1-3H3. The molecule has 0 unspecified atom stereocenters. The molecule has 1 aliphatic rings. The molecule has 0 aliphatic carbocycles. The average molecular weight is 397 g/mol. The SMILES string of the molecule is COC(=O)C1=C(C(=O)OC)N(c2ccc(OCc3ccccc3)c(C)c2)COC1. The van der Waals surface area contributed by atoms with Crippen LogP contribution in [-0.2, 0) is 30.4 Å². The molecule has 0 aromatic heterocycles. The molecule has 0 saturated carbocycles. The molecule has 1 aliphatic heterocycles. The minimum Gasteiger partial charge on any atom is -0.489 e. The molecular formula is C22H23NO6. The zero-order valence-electron chi connectivity index (χ0n) is 16.6. The van der Waals surface area contributed by atoms with Crippen LogP contribution in [0.25, 0.3) is 0 Å². The van der Waals surface area contributed by atoms with E-state index in [1.807, 2.05) is 49.4 Å². The third-order valence-electron chi connectivity index (χ3n) is 4.54. The van der Waals surface area contributed by atoms with Crippen LogP contribution >= 0.6 is 0 Å². The third-order valence-corrected chi connectivity index (χ3v) is 4.54. The number of hydrogen-bond acceptors (Lipinski definition) is 7.